The number of nitro groups is 1. The van der Waals surface area contributed by atoms with Crippen molar-refractivity contribution in [1.29, 1.82) is 0 Å². The Labute approximate surface area is 225 Å². The van der Waals surface area contributed by atoms with Gasteiger partial charge in [-0.25, -0.2) is 0 Å². The minimum atomic E-state index is -0.574. The fraction of sp³-hybridized carbons (Fsp3) is 0.0800. The zero-order chi connectivity index (χ0) is 25.8. The van der Waals surface area contributed by atoms with Gasteiger partial charge in [-0.15, -0.1) is 0 Å². The van der Waals surface area contributed by atoms with Crippen molar-refractivity contribution < 1.29 is 18.9 Å². The van der Waals surface area contributed by atoms with Crippen LogP contribution in [0.5, 0.6) is 5.75 Å². The molecule has 1 heterocycles. The van der Waals surface area contributed by atoms with Crippen LogP contribution >= 0.6 is 46.6 Å². The molecule has 0 atom stereocenters. The first kappa shape index (κ1) is 25.9. The number of furan rings is 1. The van der Waals surface area contributed by atoms with Crippen LogP contribution < -0.4 is 10.1 Å². The van der Waals surface area contributed by atoms with Gasteiger partial charge >= 0.3 is 0 Å². The Morgan fingerprint density at radius 3 is 2.36 bits per heavy atom. The van der Waals surface area contributed by atoms with Gasteiger partial charge < -0.3 is 14.5 Å². The van der Waals surface area contributed by atoms with Gasteiger partial charge in [-0.05, 0) is 49.4 Å². The lowest BCUT2D eigenvalue weighted by molar-refractivity contribution is -0.385. The number of nitrogens with one attached hydrogen (secondary N) is 1. The predicted octanol–water partition coefficient (Wildman–Crippen LogP) is 8.44. The van der Waals surface area contributed by atoms with E-state index in [0.29, 0.717) is 15.7 Å². The first-order valence-corrected chi connectivity index (χ1v) is 12.3. The highest BCUT2D eigenvalue weighted by Gasteiger charge is 2.17. The highest BCUT2D eigenvalue weighted by molar-refractivity contribution is 7.99. The number of rotatable bonds is 8. The van der Waals surface area contributed by atoms with Crippen molar-refractivity contribution in [3.8, 4) is 5.75 Å². The van der Waals surface area contributed by atoms with Crippen LogP contribution in [0.25, 0.3) is 0 Å². The van der Waals surface area contributed by atoms with Crippen molar-refractivity contribution in [3.63, 3.8) is 0 Å². The molecule has 11 heteroatoms. The number of nitro benzene ring substituents is 1. The van der Waals surface area contributed by atoms with Gasteiger partial charge in [0.2, 0.25) is 0 Å². The number of aryl methyl sites for hydroxylation is 1. The number of non-ortho nitro benzene ring substituents is 1. The van der Waals surface area contributed by atoms with Gasteiger partial charge in [-0.2, -0.15) is 0 Å². The minimum Gasteiger partial charge on any atom is -0.483 e. The molecule has 0 bridgehead atoms. The molecule has 0 aliphatic carbocycles. The van der Waals surface area contributed by atoms with E-state index >= 15 is 0 Å². The summed E-state index contributed by atoms with van der Waals surface area (Å²) in [6, 6.07) is 18.2. The fourth-order valence-corrected chi connectivity index (χ4v) is 4.98. The second-order valence-electron chi connectivity index (χ2n) is 7.60. The zero-order valence-electron chi connectivity index (χ0n) is 18.6. The summed E-state index contributed by atoms with van der Waals surface area (Å²) in [6.07, 6.45) is 0. The van der Waals surface area contributed by atoms with Crippen LogP contribution in [-0.4, -0.2) is 10.8 Å². The van der Waals surface area contributed by atoms with Crippen LogP contribution in [-0.2, 0) is 6.61 Å². The van der Waals surface area contributed by atoms with Crippen molar-refractivity contribution in [1.82, 2.24) is 0 Å². The summed E-state index contributed by atoms with van der Waals surface area (Å²) in [5.74, 6) is 0.00830. The second kappa shape index (κ2) is 11.3. The quantitative estimate of drug-likeness (QED) is 0.171. The third-order valence-electron chi connectivity index (χ3n) is 4.82. The van der Waals surface area contributed by atoms with E-state index < -0.39 is 10.8 Å². The summed E-state index contributed by atoms with van der Waals surface area (Å²) in [5, 5.41) is 14.9. The van der Waals surface area contributed by atoms with E-state index in [9.17, 15) is 14.9 Å². The van der Waals surface area contributed by atoms with E-state index in [1.807, 2.05) is 31.2 Å². The standard InChI is InChI=1S/C25H17Cl3N2O5S/c1-14-2-5-19(6-3-14)36-20-11-16(10-17(12-20)30(32)33)29-25(31)23-7-4-18(35-23)13-34-24-21(27)8-15(26)9-22(24)28/h2-12H,13H2,1H3,(H,29,31). The molecule has 1 N–H and O–H groups in total. The average Bonchev–Trinajstić information content (AvgIpc) is 3.29. The lowest BCUT2D eigenvalue weighted by Crippen LogP contribution is -2.11. The molecule has 3 aromatic carbocycles. The van der Waals surface area contributed by atoms with Gasteiger partial charge in [-0.3, -0.25) is 14.9 Å². The van der Waals surface area contributed by atoms with Crippen molar-refractivity contribution in [2.24, 2.45) is 0 Å². The Morgan fingerprint density at radius 1 is 1.00 bits per heavy atom. The third-order valence-corrected chi connectivity index (χ3v) is 6.58. The monoisotopic (exact) mass is 562 g/mol. The van der Waals surface area contributed by atoms with Gasteiger partial charge in [0.25, 0.3) is 11.6 Å². The number of anilines is 1. The van der Waals surface area contributed by atoms with Gasteiger partial charge in [0.15, 0.2) is 11.5 Å². The lowest BCUT2D eigenvalue weighted by atomic mass is 10.2. The number of hydrogen-bond acceptors (Lipinski definition) is 6. The number of ether oxygens (including phenoxy) is 1. The number of carbonyl (C=O) groups excluding carboxylic acids is 1. The molecule has 4 aromatic rings. The molecule has 1 amide bonds. The van der Waals surface area contributed by atoms with Crippen molar-refractivity contribution in [2.45, 2.75) is 23.3 Å². The van der Waals surface area contributed by atoms with Crippen LogP contribution in [0, 0.1) is 17.0 Å². The predicted molar refractivity (Wildman–Crippen MR) is 141 cm³/mol. The summed E-state index contributed by atoms with van der Waals surface area (Å²) < 4.78 is 11.2. The summed E-state index contributed by atoms with van der Waals surface area (Å²) in [6.45, 7) is 1.94. The van der Waals surface area contributed by atoms with Crippen LogP contribution in [0.1, 0.15) is 21.9 Å². The number of carbonyl (C=O) groups is 1. The van der Waals surface area contributed by atoms with Gasteiger partial charge in [0, 0.05) is 32.6 Å². The summed E-state index contributed by atoms with van der Waals surface area (Å²) in [7, 11) is 0. The molecular weight excluding hydrogens is 547 g/mol. The Bertz CT molecular complexity index is 1420. The van der Waals surface area contributed by atoms with E-state index in [1.54, 1.807) is 12.1 Å². The number of benzene rings is 3. The average molecular weight is 564 g/mol. The Kier molecular flexibility index (Phi) is 8.11. The first-order chi connectivity index (χ1) is 17.2. The maximum Gasteiger partial charge on any atom is 0.291 e. The zero-order valence-corrected chi connectivity index (χ0v) is 21.7. The molecule has 0 aliphatic rings. The Morgan fingerprint density at radius 2 is 1.69 bits per heavy atom. The van der Waals surface area contributed by atoms with Crippen molar-refractivity contribution in [2.75, 3.05) is 5.32 Å². The molecule has 1 aromatic heterocycles. The van der Waals surface area contributed by atoms with Crippen LogP contribution in [0.4, 0.5) is 11.4 Å². The summed E-state index contributed by atoms with van der Waals surface area (Å²) in [5.41, 5.74) is 1.22. The van der Waals surface area contributed by atoms with E-state index in [-0.39, 0.29) is 39.5 Å². The molecule has 0 saturated carbocycles. The van der Waals surface area contributed by atoms with E-state index in [0.717, 1.165) is 10.5 Å². The van der Waals surface area contributed by atoms with E-state index in [1.165, 1.54) is 42.1 Å². The number of hydrogen-bond donors (Lipinski definition) is 1. The normalized spacial score (nSPS) is 10.8. The molecule has 36 heavy (non-hydrogen) atoms. The molecule has 0 fully saturated rings. The SMILES string of the molecule is Cc1ccc(Sc2cc(NC(=O)c3ccc(COc4c(Cl)cc(Cl)cc4Cl)o3)cc([N+](=O)[O-])c2)cc1. The van der Waals surface area contributed by atoms with E-state index in [4.69, 9.17) is 44.0 Å². The maximum absolute atomic E-state index is 12.8. The van der Waals surface area contributed by atoms with Crippen LogP contribution in [0.2, 0.25) is 15.1 Å². The highest BCUT2D eigenvalue weighted by atomic mass is 35.5. The molecule has 7 nitrogen and oxygen atoms in total. The topological polar surface area (TPSA) is 94.6 Å². The molecule has 0 unspecified atom stereocenters. The minimum absolute atomic E-state index is 0.00106. The van der Waals surface area contributed by atoms with Gasteiger partial charge in [-0.1, -0.05) is 64.3 Å². The number of halogens is 3. The molecule has 0 saturated heterocycles. The number of nitrogens with zero attached hydrogens (tertiary/aromatic N) is 1. The first-order valence-electron chi connectivity index (χ1n) is 10.4. The second-order valence-corrected chi connectivity index (χ2v) is 9.99. The van der Waals surface area contributed by atoms with Crippen molar-refractivity contribution >= 4 is 63.8 Å². The fourth-order valence-electron chi connectivity index (χ4n) is 3.14. The van der Waals surface area contributed by atoms with Crippen molar-refractivity contribution in [3.05, 3.63) is 109 Å². The molecule has 0 spiro atoms. The van der Waals surface area contributed by atoms with Gasteiger partial charge in [0.1, 0.15) is 12.4 Å². The molecule has 184 valence electrons. The van der Waals surface area contributed by atoms with Crippen LogP contribution in [0.3, 0.4) is 0 Å². The smallest absolute Gasteiger partial charge is 0.291 e. The lowest BCUT2D eigenvalue weighted by Gasteiger charge is -2.09. The third kappa shape index (κ3) is 6.53. The maximum atomic E-state index is 12.8. The highest BCUT2D eigenvalue weighted by Crippen LogP contribution is 2.36. The molecule has 0 radical (unpaired) electrons. The Balaban J connectivity index is 1.47. The van der Waals surface area contributed by atoms with Crippen LogP contribution in [0.15, 0.2) is 80.9 Å². The number of amides is 1. The molecular formula is C25H17Cl3N2O5S. The van der Waals surface area contributed by atoms with Gasteiger partial charge in [0.05, 0.1) is 15.0 Å². The Hall–Kier alpha value is -3.17. The van der Waals surface area contributed by atoms with E-state index in [2.05, 4.69) is 5.32 Å². The summed E-state index contributed by atoms with van der Waals surface area (Å²) >= 11 is 19.5. The summed E-state index contributed by atoms with van der Waals surface area (Å²) in [4.78, 5) is 25.2. The largest absolute Gasteiger partial charge is 0.483 e. The molecule has 4 rings (SSSR count). The molecule has 0 aliphatic heterocycles.